The zero-order valence-electron chi connectivity index (χ0n) is 13.3. The molecule has 2 rings (SSSR count). The molecular formula is C17H21BrN4O. The Morgan fingerprint density at radius 2 is 2.13 bits per heavy atom. The quantitative estimate of drug-likeness (QED) is 0.681. The number of rotatable bonds is 9. The Kier molecular flexibility index (Phi) is 7.27. The summed E-state index contributed by atoms with van der Waals surface area (Å²) >= 11 is 3.46. The summed E-state index contributed by atoms with van der Waals surface area (Å²) in [6.45, 7) is 3.02. The van der Waals surface area contributed by atoms with Gasteiger partial charge in [-0.05, 0) is 25.1 Å². The molecule has 0 aliphatic rings. The third-order valence-electron chi connectivity index (χ3n) is 3.43. The largest absolute Gasteiger partial charge is 0.385 e. The van der Waals surface area contributed by atoms with E-state index < -0.39 is 0 Å². The van der Waals surface area contributed by atoms with E-state index in [1.165, 1.54) is 0 Å². The number of hydrogen-bond acceptors (Lipinski definition) is 4. The number of aromatic nitrogens is 2. The van der Waals surface area contributed by atoms with Crippen LogP contribution in [0.3, 0.4) is 0 Å². The second-order valence-corrected chi connectivity index (χ2v) is 6.12. The van der Waals surface area contributed by atoms with Gasteiger partial charge < -0.3 is 10.1 Å². The van der Waals surface area contributed by atoms with Crippen molar-refractivity contribution in [2.45, 2.75) is 25.9 Å². The minimum Gasteiger partial charge on any atom is -0.385 e. The van der Waals surface area contributed by atoms with E-state index in [4.69, 9.17) is 10.00 Å². The van der Waals surface area contributed by atoms with Gasteiger partial charge in [0.15, 0.2) is 0 Å². The predicted octanol–water partition coefficient (Wildman–Crippen LogP) is 3.35. The highest BCUT2D eigenvalue weighted by atomic mass is 79.9. The lowest BCUT2D eigenvalue weighted by Crippen LogP contribution is -2.16. The molecule has 0 saturated carbocycles. The van der Waals surface area contributed by atoms with Gasteiger partial charge in [0.05, 0.1) is 24.7 Å². The lowest BCUT2D eigenvalue weighted by molar-refractivity contribution is 0.194. The molecule has 1 aromatic carbocycles. The highest BCUT2D eigenvalue weighted by Gasteiger charge is 2.11. The Balaban J connectivity index is 2.12. The molecule has 5 nitrogen and oxygen atoms in total. The lowest BCUT2D eigenvalue weighted by Gasteiger charge is -2.05. The molecule has 1 aromatic heterocycles. The summed E-state index contributed by atoms with van der Waals surface area (Å²) in [5, 5.41) is 16.8. The van der Waals surface area contributed by atoms with Gasteiger partial charge in [-0.3, -0.25) is 4.68 Å². The van der Waals surface area contributed by atoms with Gasteiger partial charge in [0, 0.05) is 42.1 Å². The highest BCUT2D eigenvalue weighted by molar-refractivity contribution is 9.10. The van der Waals surface area contributed by atoms with Crippen LogP contribution in [0.2, 0.25) is 0 Å². The molecule has 6 heteroatoms. The molecule has 0 saturated heterocycles. The molecule has 2 aromatic rings. The average molecular weight is 377 g/mol. The number of ether oxygens (including phenoxy) is 1. The number of hydrogen-bond donors (Lipinski definition) is 1. The Labute approximate surface area is 145 Å². The van der Waals surface area contributed by atoms with E-state index in [-0.39, 0.29) is 0 Å². The normalized spacial score (nSPS) is 10.7. The second kappa shape index (κ2) is 9.46. The van der Waals surface area contributed by atoms with Crippen LogP contribution in [0.15, 0.2) is 34.9 Å². The molecule has 1 heterocycles. The van der Waals surface area contributed by atoms with Gasteiger partial charge in [-0.2, -0.15) is 10.4 Å². The zero-order chi connectivity index (χ0) is 16.5. The molecule has 122 valence electrons. The van der Waals surface area contributed by atoms with Crippen LogP contribution in [0.4, 0.5) is 0 Å². The lowest BCUT2D eigenvalue weighted by atomic mass is 10.1. The third-order valence-corrected chi connectivity index (χ3v) is 3.95. The Bertz CT molecular complexity index is 646. The summed E-state index contributed by atoms with van der Waals surface area (Å²) in [6.07, 6.45) is 3.47. The van der Waals surface area contributed by atoms with Crippen molar-refractivity contribution in [3.05, 3.63) is 40.5 Å². The van der Waals surface area contributed by atoms with Crippen LogP contribution in [0.1, 0.15) is 18.4 Å². The molecule has 23 heavy (non-hydrogen) atoms. The molecule has 0 amide bonds. The van der Waals surface area contributed by atoms with Gasteiger partial charge in [0.25, 0.3) is 0 Å². The summed E-state index contributed by atoms with van der Waals surface area (Å²) in [5.41, 5.74) is 3.19. The standard InChI is InChI=1S/C17H21BrN4O/c1-23-11-3-9-20-12-15-13-22(10-2-8-19)21-17(15)14-4-6-16(18)7-5-14/h4-7,13,20H,2-3,9-12H2,1H3. The van der Waals surface area contributed by atoms with Crippen molar-refractivity contribution in [3.63, 3.8) is 0 Å². The van der Waals surface area contributed by atoms with Crippen LogP contribution < -0.4 is 5.32 Å². The summed E-state index contributed by atoms with van der Waals surface area (Å²) in [5.74, 6) is 0. The van der Waals surface area contributed by atoms with Gasteiger partial charge in [0.1, 0.15) is 0 Å². The molecule has 0 radical (unpaired) electrons. The molecule has 0 unspecified atom stereocenters. The van der Waals surface area contributed by atoms with Gasteiger partial charge in [-0.25, -0.2) is 0 Å². The summed E-state index contributed by atoms with van der Waals surface area (Å²) in [6, 6.07) is 10.3. The Morgan fingerprint density at radius 3 is 2.83 bits per heavy atom. The Hall–Kier alpha value is -1.68. The topological polar surface area (TPSA) is 62.9 Å². The van der Waals surface area contributed by atoms with Crippen molar-refractivity contribution in [3.8, 4) is 17.3 Å². The monoisotopic (exact) mass is 376 g/mol. The van der Waals surface area contributed by atoms with E-state index in [1.807, 2.05) is 23.0 Å². The highest BCUT2D eigenvalue weighted by Crippen LogP contribution is 2.24. The third kappa shape index (κ3) is 5.47. The first-order valence-electron chi connectivity index (χ1n) is 7.63. The van der Waals surface area contributed by atoms with Gasteiger partial charge in [-0.15, -0.1) is 0 Å². The first-order valence-corrected chi connectivity index (χ1v) is 8.42. The maximum Gasteiger partial charge on any atom is 0.0968 e. The zero-order valence-corrected chi connectivity index (χ0v) is 14.8. The van der Waals surface area contributed by atoms with Crippen LogP contribution in [0.25, 0.3) is 11.3 Å². The average Bonchev–Trinajstić information content (AvgIpc) is 2.96. The Morgan fingerprint density at radius 1 is 1.35 bits per heavy atom. The van der Waals surface area contributed by atoms with Crippen molar-refractivity contribution in [2.75, 3.05) is 20.3 Å². The van der Waals surface area contributed by atoms with Crippen molar-refractivity contribution >= 4 is 15.9 Å². The van der Waals surface area contributed by atoms with Crippen molar-refractivity contribution in [1.82, 2.24) is 15.1 Å². The first-order chi connectivity index (χ1) is 11.2. The van der Waals surface area contributed by atoms with E-state index in [0.717, 1.165) is 47.4 Å². The number of nitrogens with one attached hydrogen (secondary N) is 1. The molecule has 0 atom stereocenters. The van der Waals surface area contributed by atoms with Crippen LogP contribution in [0.5, 0.6) is 0 Å². The van der Waals surface area contributed by atoms with Gasteiger partial charge >= 0.3 is 0 Å². The molecule has 0 aliphatic heterocycles. The van der Waals surface area contributed by atoms with E-state index >= 15 is 0 Å². The van der Waals surface area contributed by atoms with Crippen molar-refractivity contribution in [2.24, 2.45) is 0 Å². The minimum absolute atomic E-state index is 0.460. The summed E-state index contributed by atoms with van der Waals surface area (Å²) in [7, 11) is 1.71. The van der Waals surface area contributed by atoms with Crippen LogP contribution in [-0.2, 0) is 17.8 Å². The molecule has 0 spiro atoms. The summed E-state index contributed by atoms with van der Waals surface area (Å²) in [4.78, 5) is 0. The van der Waals surface area contributed by atoms with Crippen LogP contribution >= 0.6 is 15.9 Å². The van der Waals surface area contributed by atoms with E-state index in [1.54, 1.807) is 7.11 Å². The minimum atomic E-state index is 0.460. The number of halogens is 1. The fraction of sp³-hybridized carbons (Fsp3) is 0.412. The van der Waals surface area contributed by atoms with Crippen LogP contribution in [-0.4, -0.2) is 30.0 Å². The van der Waals surface area contributed by atoms with Gasteiger partial charge in [-0.1, -0.05) is 28.1 Å². The SMILES string of the molecule is COCCCNCc1cn(CCC#N)nc1-c1ccc(Br)cc1. The molecule has 0 fully saturated rings. The number of methoxy groups -OCH3 is 1. The predicted molar refractivity (Wildman–Crippen MR) is 93.8 cm³/mol. The fourth-order valence-corrected chi connectivity index (χ4v) is 2.55. The molecule has 0 aliphatic carbocycles. The van der Waals surface area contributed by atoms with E-state index in [0.29, 0.717) is 13.0 Å². The molecule has 1 N–H and O–H groups in total. The maximum absolute atomic E-state index is 8.75. The maximum atomic E-state index is 8.75. The van der Waals surface area contributed by atoms with Crippen molar-refractivity contribution in [1.29, 1.82) is 5.26 Å². The smallest absolute Gasteiger partial charge is 0.0968 e. The number of aryl methyl sites for hydroxylation is 1. The van der Waals surface area contributed by atoms with E-state index in [9.17, 15) is 0 Å². The second-order valence-electron chi connectivity index (χ2n) is 5.20. The van der Waals surface area contributed by atoms with Gasteiger partial charge in [0.2, 0.25) is 0 Å². The van der Waals surface area contributed by atoms with Crippen molar-refractivity contribution < 1.29 is 4.74 Å². The van der Waals surface area contributed by atoms with Crippen LogP contribution in [0, 0.1) is 11.3 Å². The molecule has 0 bridgehead atoms. The number of nitrogens with zero attached hydrogens (tertiary/aromatic N) is 3. The fourth-order valence-electron chi connectivity index (χ4n) is 2.29. The number of nitriles is 1. The molecular weight excluding hydrogens is 356 g/mol. The van der Waals surface area contributed by atoms with E-state index in [2.05, 4.69) is 44.5 Å². The first kappa shape index (κ1) is 17.7. The summed E-state index contributed by atoms with van der Waals surface area (Å²) < 4.78 is 7.95. The number of benzene rings is 1.